The Bertz CT molecular complexity index is 798. The average Bonchev–Trinajstić information content (AvgIpc) is 2.88. The van der Waals surface area contributed by atoms with E-state index in [0.717, 1.165) is 19.3 Å². The highest BCUT2D eigenvalue weighted by molar-refractivity contribution is 7.83. The lowest BCUT2D eigenvalue weighted by Crippen LogP contribution is -2.56. The summed E-state index contributed by atoms with van der Waals surface area (Å²) in [6, 6.07) is 5.31. The second kappa shape index (κ2) is 7.55. The highest BCUT2D eigenvalue weighted by atomic mass is 32.2. The van der Waals surface area contributed by atoms with E-state index in [0.29, 0.717) is 17.2 Å². The highest BCUT2D eigenvalue weighted by Gasteiger charge is 2.49. The molecule has 0 spiro atoms. The predicted octanol–water partition coefficient (Wildman–Crippen LogP) is 2.01. The fourth-order valence-electron chi connectivity index (χ4n) is 4.55. The van der Waals surface area contributed by atoms with Gasteiger partial charge < -0.3 is 11.1 Å². The van der Waals surface area contributed by atoms with Gasteiger partial charge in [-0.15, -0.1) is 0 Å². The van der Waals surface area contributed by atoms with Crippen LogP contribution in [0.25, 0.3) is 0 Å². The van der Waals surface area contributed by atoms with E-state index in [4.69, 9.17) is 5.73 Å². The van der Waals surface area contributed by atoms with Crippen molar-refractivity contribution in [2.45, 2.75) is 62.9 Å². The van der Waals surface area contributed by atoms with Gasteiger partial charge >= 0.3 is 0 Å². The molecule has 2 bridgehead atoms. The van der Waals surface area contributed by atoms with Crippen LogP contribution in [-0.4, -0.2) is 27.6 Å². The van der Waals surface area contributed by atoms with Crippen molar-refractivity contribution in [2.75, 3.05) is 0 Å². The van der Waals surface area contributed by atoms with E-state index in [2.05, 4.69) is 10.0 Å². The lowest BCUT2D eigenvalue weighted by molar-refractivity contribution is -0.129. The molecular formula is C20H28FN3O3S. The molecule has 0 heterocycles. The normalized spacial score (nSPS) is 30.6. The van der Waals surface area contributed by atoms with Crippen LogP contribution in [0.15, 0.2) is 29.2 Å². The maximum atomic E-state index is 13.0. The van der Waals surface area contributed by atoms with Crippen LogP contribution in [0.1, 0.15) is 46.5 Å². The molecule has 1 aromatic carbocycles. The van der Waals surface area contributed by atoms with Gasteiger partial charge in [-0.1, -0.05) is 6.92 Å². The Labute approximate surface area is 167 Å². The van der Waals surface area contributed by atoms with Crippen LogP contribution in [0, 0.1) is 23.1 Å². The summed E-state index contributed by atoms with van der Waals surface area (Å²) in [6.07, 6.45) is 3.26. The van der Waals surface area contributed by atoms with Crippen molar-refractivity contribution >= 4 is 22.8 Å². The number of primary amides is 1. The number of amides is 2. The van der Waals surface area contributed by atoms with Crippen LogP contribution in [-0.2, 0) is 20.6 Å². The molecule has 0 aromatic heterocycles. The van der Waals surface area contributed by atoms with Crippen LogP contribution in [0.2, 0.25) is 0 Å². The van der Waals surface area contributed by atoms with Crippen molar-refractivity contribution in [3.8, 4) is 0 Å². The van der Waals surface area contributed by atoms with Crippen molar-refractivity contribution in [2.24, 2.45) is 23.0 Å². The summed E-state index contributed by atoms with van der Waals surface area (Å²) in [5.74, 6) is -0.329. The number of rotatable bonds is 6. The molecule has 2 saturated carbocycles. The molecule has 28 heavy (non-hydrogen) atoms. The van der Waals surface area contributed by atoms with Crippen molar-refractivity contribution in [3.63, 3.8) is 0 Å². The number of hydrogen-bond acceptors (Lipinski definition) is 3. The minimum atomic E-state index is -1.65. The molecule has 0 saturated heterocycles. The number of fused-ring (bicyclic) bond motifs is 2. The van der Waals surface area contributed by atoms with Crippen molar-refractivity contribution in [3.05, 3.63) is 30.1 Å². The molecule has 1 aromatic rings. The SMILES string of the molecule is CC1(C(N)=O)CC2CC(C1)C(NC(=O)C(C)(C)NS(=O)c1ccc(F)cc1)C2. The zero-order valence-electron chi connectivity index (χ0n) is 16.5. The number of nitrogens with one attached hydrogen (secondary N) is 2. The van der Waals surface area contributed by atoms with Crippen LogP contribution in [0.5, 0.6) is 0 Å². The molecule has 3 rings (SSSR count). The predicted molar refractivity (Wildman–Crippen MR) is 105 cm³/mol. The summed E-state index contributed by atoms with van der Waals surface area (Å²) >= 11 is 0. The molecule has 6 nitrogen and oxygen atoms in total. The van der Waals surface area contributed by atoms with Gasteiger partial charge in [-0.25, -0.2) is 13.3 Å². The lowest BCUT2D eigenvalue weighted by Gasteiger charge is -2.36. The molecule has 5 unspecified atom stereocenters. The molecule has 2 amide bonds. The Kier molecular flexibility index (Phi) is 5.64. The van der Waals surface area contributed by atoms with E-state index in [-0.39, 0.29) is 23.8 Å². The molecule has 2 aliphatic carbocycles. The maximum Gasteiger partial charge on any atom is 0.240 e. The monoisotopic (exact) mass is 409 g/mol. The van der Waals surface area contributed by atoms with Gasteiger partial charge in [-0.05, 0) is 75.6 Å². The van der Waals surface area contributed by atoms with E-state index in [1.165, 1.54) is 24.3 Å². The molecule has 5 atom stereocenters. The van der Waals surface area contributed by atoms with Gasteiger partial charge in [-0.2, -0.15) is 0 Å². The smallest absolute Gasteiger partial charge is 0.240 e. The number of carbonyl (C=O) groups excluding carboxylic acids is 2. The standard InChI is InChI=1S/C20H28FN3O3S/c1-19(2,24-28(27)15-6-4-14(21)5-7-15)18(26)23-16-9-12-8-13(16)11-20(3,10-12)17(22)25/h4-7,12-13,16,24H,8-11H2,1-3H3,(H2,22,25)(H,23,26). The number of hydrogen-bond donors (Lipinski definition) is 3. The summed E-state index contributed by atoms with van der Waals surface area (Å²) in [4.78, 5) is 25.1. The maximum absolute atomic E-state index is 13.0. The van der Waals surface area contributed by atoms with E-state index >= 15 is 0 Å². The van der Waals surface area contributed by atoms with Crippen molar-refractivity contribution in [1.29, 1.82) is 0 Å². The van der Waals surface area contributed by atoms with Crippen LogP contribution < -0.4 is 15.8 Å². The molecule has 154 valence electrons. The van der Waals surface area contributed by atoms with E-state index in [1.54, 1.807) is 13.8 Å². The number of benzene rings is 1. The first-order chi connectivity index (χ1) is 13.0. The van der Waals surface area contributed by atoms with E-state index in [1.807, 2.05) is 6.92 Å². The first-order valence-electron chi connectivity index (χ1n) is 9.56. The summed E-state index contributed by atoms with van der Waals surface area (Å²) in [6.45, 7) is 5.24. The van der Waals surface area contributed by atoms with Gasteiger partial charge in [0.1, 0.15) is 22.3 Å². The number of carbonyl (C=O) groups is 2. The molecule has 0 radical (unpaired) electrons. The zero-order valence-corrected chi connectivity index (χ0v) is 17.3. The fraction of sp³-hybridized carbons (Fsp3) is 0.600. The van der Waals surface area contributed by atoms with Gasteiger partial charge in [0.15, 0.2) is 0 Å². The number of halogens is 1. The highest BCUT2D eigenvalue weighted by Crippen LogP contribution is 2.50. The van der Waals surface area contributed by atoms with Gasteiger partial charge in [-0.3, -0.25) is 9.59 Å². The van der Waals surface area contributed by atoms with Crippen LogP contribution >= 0.6 is 0 Å². The largest absolute Gasteiger partial charge is 0.369 e. The van der Waals surface area contributed by atoms with Crippen LogP contribution in [0.4, 0.5) is 4.39 Å². The Morgan fingerprint density at radius 1 is 1.21 bits per heavy atom. The zero-order chi connectivity index (χ0) is 20.7. The average molecular weight is 410 g/mol. The minimum Gasteiger partial charge on any atom is -0.369 e. The minimum absolute atomic E-state index is 0.0148. The van der Waals surface area contributed by atoms with E-state index in [9.17, 15) is 18.2 Å². The molecular weight excluding hydrogens is 381 g/mol. The van der Waals surface area contributed by atoms with E-state index < -0.39 is 27.8 Å². The molecule has 2 fully saturated rings. The Balaban J connectivity index is 1.63. The Morgan fingerprint density at radius 3 is 2.46 bits per heavy atom. The molecule has 0 aliphatic heterocycles. The fourth-order valence-corrected chi connectivity index (χ4v) is 5.61. The number of nitrogens with two attached hydrogens (primary N) is 1. The summed E-state index contributed by atoms with van der Waals surface area (Å²) in [5.41, 5.74) is 4.01. The van der Waals surface area contributed by atoms with Gasteiger partial charge in [0.05, 0.1) is 4.90 Å². The molecule has 2 aliphatic rings. The Morgan fingerprint density at radius 2 is 1.86 bits per heavy atom. The Hall–Kier alpha value is -1.80. The second-order valence-electron chi connectivity index (χ2n) is 8.96. The third-order valence-corrected chi connectivity index (χ3v) is 7.49. The van der Waals surface area contributed by atoms with Crippen LogP contribution in [0.3, 0.4) is 0 Å². The molecule has 8 heteroatoms. The van der Waals surface area contributed by atoms with Gasteiger partial charge in [0.2, 0.25) is 11.8 Å². The van der Waals surface area contributed by atoms with Gasteiger partial charge in [0, 0.05) is 11.5 Å². The lowest BCUT2D eigenvalue weighted by atomic mass is 9.69. The summed E-state index contributed by atoms with van der Waals surface area (Å²) in [5, 5.41) is 3.09. The first-order valence-corrected chi connectivity index (χ1v) is 10.7. The van der Waals surface area contributed by atoms with Gasteiger partial charge in [0.25, 0.3) is 0 Å². The summed E-state index contributed by atoms with van der Waals surface area (Å²) in [7, 11) is -1.65. The van der Waals surface area contributed by atoms with Crippen molar-refractivity contribution in [1.82, 2.24) is 10.0 Å². The third kappa shape index (κ3) is 4.27. The molecule has 4 N–H and O–H groups in total. The van der Waals surface area contributed by atoms with Crippen molar-refractivity contribution < 1.29 is 18.2 Å². The summed E-state index contributed by atoms with van der Waals surface area (Å²) < 4.78 is 28.4. The third-order valence-electron chi connectivity index (χ3n) is 6.10. The first kappa shape index (κ1) is 20.9. The second-order valence-corrected chi connectivity index (χ2v) is 10.2. The quantitative estimate of drug-likeness (QED) is 0.670. The topological polar surface area (TPSA) is 101 Å².